The fraction of sp³-hybridized carbons (Fsp3) is 0.929. The summed E-state index contributed by atoms with van der Waals surface area (Å²) in [5.74, 6) is 2.01. The topological polar surface area (TPSA) is 65.0 Å². The molecular weight excluding hydrogens is 320 g/mol. The van der Waals surface area contributed by atoms with Gasteiger partial charge in [-0.15, -0.1) is 0 Å². The fourth-order valence-electron chi connectivity index (χ4n) is 2.53. The molecule has 1 N–H and O–H groups in total. The smallest absolute Gasteiger partial charge is 0.215 e. The Morgan fingerprint density at radius 2 is 2.05 bits per heavy atom. The van der Waals surface area contributed by atoms with Gasteiger partial charge in [0.2, 0.25) is 10.0 Å². The zero-order chi connectivity index (χ0) is 16.6. The molecule has 8 heteroatoms. The number of guanidine groups is 1. The number of sulfonamides is 1. The third kappa shape index (κ3) is 5.62. The van der Waals surface area contributed by atoms with Gasteiger partial charge in [0, 0.05) is 50.8 Å². The molecule has 1 atom stereocenters. The second kappa shape index (κ2) is 9.62. The van der Waals surface area contributed by atoms with Crippen LogP contribution >= 0.6 is 11.8 Å². The monoisotopic (exact) mass is 350 g/mol. The van der Waals surface area contributed by atoms with Gasteiger partial charge in [0.25, 0.3) is 0 Å². The summed E-state index contributed by atoms with van der Waals surface area (Å²) in [6.07, 6.45) is 1.15. The second-order valence-electron chi connectivity index (χ2n) is 5.22. The number of nitrogens with one attached hydrogen (secondary N) is 1. The molecule has 130 valence electrons. The Bertz CT molecular complexity index is 450. The first kappa shape index (κ1) is 19.6. The van der Waals surface area contributed by atoms with Crippen molar-refractivity contribution < 1.29 is 8.42 Å². The first-order valence-corrected chi connectivity index (χ1v) is 10.7. The van der Waals surface area contributed by atoms with Crippen LogP contribution in [0, 0.1) is 0 Å². The number of hydrogen-bond donors (Lipinski definition) is 1. The minimum atomic E-state index is -3.18. The highest BCUT2D eigenvalue weighted by Gasteiger charge is 2.22. The SMILES string of the molecule is CCC1CN(C(=NC)NCCS(=O)(=O)N(CC)CC)CCS1. The van der Waals surface area contributed by atoms with E-state index in [4.69, 9.17) is 0 Å². The number of thioether (sulfide) groups is 1. The molecule has 22 heavy (non-hydrogen) atoms. The Labute approximate surface area is 139 Å². The third-order valence-electron chi connectivity index (χ3n) is 3.85. The van der Waals surface area contributed by atoms with Crippen LogP contribution in [0.5, 0.6) is 0 Å². The summed E-state index contributed by atoms with van der Waals surface area (Å²) in [5, 5.41) is 3.83. The van der Waals surface area contributed by atoms with Crippen molar-refractivity contribution in [1.82, 2.24) is 14.5 Å². The molecule has 1 aliphatic heterocycles. The van der Waals surface area contributed by atoms with Gasteiger partial charge in [-0.3, -0.25) is 4.99 Å². The van der Waals surface area contributed by atoms with Crippen LogP contribution in [0.2, 0.25) is 0 Å². The van der Waals surface area contributed by atoms with Crippen LogP contribution in [0.1, 0.15) is 27.2 Å². The molecule has 1 aliphatic rings. The Kier molecular flexibility index (Phi) is 8.56. The summed E-state index contributed by atoms with van der Waals surface area (Å²) in [4.78, 5) is 6.53. The first-order valence-electron chi connectivity index (χ1n) is 8.03. The molecule has 0 bridgehead atoms. The van der Waals surface area contributed by atoms with Crippen molar-refractivity contribution in [3.63, 3.8) is 0 Å². The molecule has 0 aromatic carbocycles. The van der Waals surface area contributed by atoms with E-state index in [-0.39, 0.29) is 5.75 Å². The molecule has 0 aromatic heterocycles. The summed E-state index contributed by atoms with van der Waals surface area (Å²) in [7, 11) is -1.43. The van der Waals surface area contributed by atoms with Gasteiger partial charge < -0.3 is 10.2 Å². The molecule has 0 radical (unpaired) electrons. The van der Waals surface area contributed by atoms with Crippen LogP contribution in [-0.4, -0.2) is 80.1 Å². The van der Waals surface area contributed by atoms with E-state index in [1.807, 2.05) is 25.6 Å². The van der Waals surface area contributed by atoms with Crippen LogP contribution in [0.25, 0.3) is 0 Å². The van der Waals surface area contributed by atoms with Gasteiger partial charge >= 0.3 is 0 Å². The molecule has 0 spiro atoms. The number of rotatable bonds is 7. The average molecular weight is 351 g/mol. The highest BCUT2D eigenvalue weighted by atomic mass is 32.2. The largest absolute Gasteiger partial charge is 0.355 e. The molecule has 1 fully saturated rings. The van der Waals surface area contributed by atoms with E-state index in [1.54, 1.807) is 7.05 Å². The van der Waals surface area contributed by atoms with Gasteiger partial charge in [0.15, 0.2) is 5.96 Å². The lowest BCUT2D eigenvalue weighted by atomic mass is 10.3. The van der Waals surface area contributed by atoms with Crippen LogP contribution < -0.4 is 5.32 Å². The van der Waals surface area contributed by atoms with E-state index in [1.165, 1.54) is 4.31 Å². The summed E-state index contributed by atoms with van der Waals surface area (Å²) >= 11 is 2.01. The van der Waals surface area contributed by atoms with Crippen molar-refractivity contribution in [2.24, 2.45) is 4.99 Å². The first-order chi connectivity index (χ1) is 10.5. The van der Waals surface area contributed by atoms with Gasteiger partial charge in [0.1, 0.15) is 0 Å². The van der Waals surface area contributed by atoms with Gasteiger partial charge in [-0.2, -0.15) is 11.8 Å². The van der Waals surface area contributed by atoms with E-state index < -0.39 is 10.0 Å². The molecule has 0 aliphatic carbocycles. The predicted octanol–water partition coefficient (Wildman–Crippen LogP) is 1.06. The number of aliphatic imine (C=N–C) groups is 1. The third-order valence-corrected chi connectivity index (χ3v) is 7.24. The van der Waals surface area contributed by atoms with Crippen molar-refractivity contribution in [2.45, 2.75) is 32.4 Å². The Morgan fingerprint density at radius 1 is 1.36 bits per heavy atom. The Morgan fingerprint density at radius 3 is 2.59 bits per heavy atom. The maximum absolute atomic E-state index is 12.2. The Hall–Kier alpha value is -0.470. The van der Waals surface area contributed by atoms with Gasteiger partial charge in [-0.1, -0.05) is 20.8 Å². The lowest BCUT2D eigenvalue weighted by Crippen LogP contribution is -2.49. The van der Waals surface area contributed by atoms with E-state index in [0.717, 1.165) is 31.2 Å². The minimum absolute atomic E-state index is 0.105. The lowest BCUT2D eigenvalue weighted by Gasteiger charge is -2.34. The van der Waals surface area contributed by atoms with Crippen LogP contribution in [-0.2, 0) is 10.0 Å². The molecule has 1 rings (SSSR count). The van der Waals surface area contributed by atoms with Crippen molar-refractivity contribution >= 4 is 27.7 Å². The van der Waals surface area contributed by atoms with E-state index in [2.05, 4.69) is 22.1 Å². The van der Waals surface area contributed by atoms with Gasteiger partial charge in [-0.25, -0.2) is 12.7 Å². The summed E-state index contributed by atoms with van der Waals surface area (Å²) in [6.45, 7) is 9.31. The van der Waals surface area contributed by atoms with E-state index >= 15 is 0 Å². The van der Waals surface area contributed by atoms with E-state index in [9.17, 15) is 8.42 Å². The molecule has 6 nitrogen and oxygen atoms in total. The highest BCUT2D eigenvalue weighted by Crippen LogP contribution is 2.20. The highest BCUT2D eigenvalue weighted by molar-refractivity contribution is 8.00. The molecule has 0 amide bonds. The van der Waals surface area contributed by atoms with Crippen LogP contribution in [0.15, 0.2) is 4.99 Å². The van der Waals surface area contributed by atoms with E-state index in [0.29, 0.717) is 24.9 Å². The molecule has 1 saturated heterocycles. The average Bonchev–Trinajstić information content (AvgIpc) is 2.52. The maximum atomic E-state index is 12.2. The number of nitrogens with zero attached hydrogens (tertiary/aromatic N) is 3. The molecule has 0 saturated carbocycles. The minimum Gasteiger partial charge on any atom is -0.355 e. The zero-order valence-electron chi connectivity index (χ0n) is 14.2. The van der Waals surface area contributed by atoms with Gasteiger partial charge in [0.05, 0.1) is 5.75 Å². The summed E-state index contributed by atoms with van der Waals surface area (Å²) < 4.78 is 25.8. The quantitative estimate of drug-likeness (QED) is 0.549. The summed E-state index contributed by atoms with van der Waals surface area (Å²) in [6, 6.07) is 0. The summed E-state index contributed by atoms with van der Waals surface area (Å²) in [5.41, 5.74) is 0. The lowest BCUT2D eigenvalue weighted by molar-refractivity contribution is 0.408. The fourth-order valence-corrected chi connectivity index (χ4v) is 5.11. The van der Waals surface area contributed by atoms with Crippen LogP contribution in [0.4, 0.5) is 0 Å². The maximum Gasteiger partial charge on any atom is 0.215 e. The van der Waals surface area contributed by atoms with Crippen molar-refractivity contribution in [1.29, 1.82) is 0 Å². The molecule has 1 unspecified atom stereocenters. The second-order valence-corrected chi connectivity index (χ2v) is 8.72. The number of hydrogen-bond acceptors (Lipinski definition) is 4. The molecule has 1 heterocycles. The molecule has 0 aromatic rings. The van der Waals surface area contributed by atoms with Crippen molar-refractivity contribution in [3.05, 3.63) is 0 Å². The normalized spacial score (nSPS) is 20.5. The standard InChI is InChI=1S/C14H30N4O2S2/c1-5-13-12-17(9-10-21-13)14(15-4)16-8-11-22(19,20)18(6-2)7-3/h13H,5-12H2,1-4H3,(H,15,16). The predicted molar refractivity (Wildman–Crippen MR) is 96.2 cm³/mol. The molecular formula is C14H30N4O2S2. The van der Waals surface area contributed by atoms with Crippen molar-refractivity contribution in [3.8, 4) is 0 Å². The van der Waals surface area contributed by atoms with Crippen LogP contribution in [0.3, 0.4) is 0 Å². The van der Waals surface area contributed by atoms with Gasteiger partial charge in [-0.05, 0) is 6.42 Å². The van der Waals surface area contributed by atoms with Crippen molar-refractivity contribution in [2.75, 3.05) is 51.3 Å². The Balaban J connectivity index is 2.51. The zero-order valence-corrected chi connectivity index (χ0v) is 15.8.